The summed E-state index contributed by atoms with van der Waals surface area (Å²) < 4.78 is 0. The summed E-state index contributed by atoms with van der Waals surface area (Å²) in [4.78, 5) is 11.2. The fourth-order valence-electron chi connectivity index (χ4n) is 3.40. The molecule has 1 atom stereocenters. The molecule has 1 aromatic rings. The highest BCUT2D eigenvalue weighted by Crippen LogP contribution is 2.37. The van der Waals surface area contributed by atoms with E-state index in [1.165, 1.54) is 38.8 Å². The molecular formula is C14H22N4S. The van der Waals surface area contributed by atoms with E-state index in [2.05, 4.69) is 32.5 Å². The van der Waals surface area contributed by atoms with Crippen molar-refractivity contribution in [2.24, 2.45) is 5.41 Å². The molecule has 0 aromatic carbocycles. The predicted octanol–water partition coefficient (Wildman–Crippen LogP) is 2.17. The molecule has 0 bridgehead atoms. The molecule has 2 fully saturated rings. The third kappa shape index (κ3) is 2.87. The molecule has 0 radical (unpaired) electrons. The largest absolute Gasteiger partial charge is 0.356 e. The Hall–Kier alpha value is -0.810. The van der Waals surface area contributed by atoms with E-state index in [0.717, 1.165) is 23.9 Å². The van der Waals surface area contributed by atoms with Crippen LogP contribution in [0.1, 0.15) is 25.7 Å². The van der Waals surface area contributed by atoms with Crippen LogP contribution in [0, 0.1) is 5.41 Å². The molecule has 0 amide bonds. The van der Waals surface area contributed by atoms with Crippen LogP contribution in [0.4, 0.5) is 5.82 Å². The lowest BCUT2D eigenvalue weighted by atomic mass is 9.74. The van der Waals surface area contributed by atoms with Crippen molar-refractivity contribution in [1.29, 1.82) is 0 Å². The standard InChI is InChI=1S/C14H22N4S/c1-19-13-8-12(16-11-17-13)18-7-3-5-14(10-18)4-2-6-15-9-14/h8,11,15H,2-7,9-10H2,1H3. The minimum absolute atomic E-state index is 0.473. The van der Waals surface area contributed by atoms with E-state index >= 15 is 0 Å². The van der Waals surface area contributed by atoms with Crippen LogP contribution in [0.5, 0.6) is 0 Å². The summed E-state index contributed by atoms with van der Waals surface area (Å²) in [6.45, 7) is 4.63. The number of nitrogens with one attached hydrogen (secondary N) is 1. The lowest BCUT2D eigenvalue weighted by Gasteiger charge is -2.45. The maximum Gasteiger partial charge on any atom is 0.133 e. The Kier molecular flexibility index (Phi) is 3.93. The van der Waals surface area contributed by atoms with Gasteiger partial charge in [-0.3, -0.25) is 0 Å². The third-order valence-electron chi connectivity index (χ3n) is 4.38. The first-order valence-electron chi connectivity index (χ1n) is 7.13. The van der Waals surface area contributed by atoms with Crippen LogP contribution in [0.25, 0.3) is 0 Å². The monoisotopic (exact) mass is 278 g/mol. The molecule has 1 aromatic heterocycles. The Morgan fingerprint density at radius 1 is 1.32 bits per heavy atom. The predicted molar refractivity (Wildman–Crippen MR) is 79.8 cm³/mol. The summed E-state index contributed by atoms with van der Waals surface area (Å²) in [5.41, 5.74) is 0.473. The molecule has 2 aliphatic rings. The molecule has 1 N–H and O–H groups in total. The van der Waals surface area contributed by atoms with Gasteiger partial charge in [-0.15, -0.1) is 11.8 Å². The van der Waals surface area contributed by atoms with Gasteiger partial charge in [-0.05, 0) is 38.5 Å². The smallest absolute Gasteiger partial charge is 0.133 e. The minimum atomic E-state index is 0.473. The maximum atomic E-state index is 4.47. The van der Waals surface area contributed by atoms with Crippen molar-refractivity contribution in [2.75, 3.05) is 37.3 Å². The third-order valence-corrected chi connectivity index (χ3v) is 5.02. The van der Waals surface area contributed by atoms with E-state index in [-0.39, 0.29) is 0 Å². The molecular weight excluding hydrogens is 256 g/mol. The van der Waals surface area contributed by atoms with Gasteiger partial charge < -0.3 is 10.2 Å². The molecule has 1 spiro atoms. The van der Waals surface area contributed by atoms with E-state index in [1.54, 1.807) is 18.1 Å². The quantitative estimate of drug-likeness (QED) is 0.663. The zero-order valence-electron chi connectivity index (χ0n) is 11.6. The minimum Gasteiger partial charge on any atom is -0.356 e. The van der Waals surface area contributed by atoms with Crippen LogP contribution < -0.4 is 10.2 Å². The number of nitrogens with zero attached hydrogens (tertiary/aromatic N) is 3. The summed E-state index contributed by atoms with van der Waals surface area (Å²) in [6, 6.07) is 2.12. The van der Waals surface area contributed by atoms with Crippen LogP contribution in [0.2, 0.25) is 0 Å². The first-order chi connectivity index (χ1) is 9.31. The number of aromatic nitrogens is 2. The van der Waals surface area contributed by atoms with E-state index in [9.17, 15) is 0 Å². The second-order valence-corrected chi connectivity index (χ2v) is 6.55. The van der Waals surface area contributed by atoms with Gasteiger partial charge in [0.2, 0.25) is 0 Å². The fraction of sp³-hybridized carbons (Fsp3) is 0.714. The lowest BCUT2D eigenvalue weighted by Crippen LogP contribution is -2.51. The van der Waals surface area contributed by atoms with Crippen molar-refractivity contribution >= 4 is 17.6 Å². The molecule has 104 valence electrons. The Labute approximate surface area is 119 Å². The molecule has 0 aliphatic carbocycles. The van der Waals surface area contributed by atoms with Crippen molar-refractivity contribution in [3.05, 3.63) is 12.4 Å². The molecule has 5 heteroatoms. The molecule has 3 heterocycles. The average molecular weight is 278 g/mol. The Morgan fingerprint density at radius 2 is 2.21 bits per heavy atom. The first-order valence-corrected chi connectivity index (χ1v) is 8.36. The SMILES string of the molecule is CSc1cc(N2CCCC3(CCCNC3)C2)ncn1. The van der Waals surface area contributed by atoms with Gasteiger partial charge in [0, 0.05) is 31.1 Å². The highest BCUT2D eigenvalue weighted by Gasteiger charge is 2.36. The molecule has 2 aliphatic heterocycles. The van der Waals surface area contributed by atoms with Gasteiger partial charge in [-0.1, -0.05) is 0 Å². The van der Waals surface area contributed by atoms with Crippen LogP contribution in [0.3, 0.4) is 0 Å². The maximum absolute atomic E-state index is 4.47. The van der Waals surface area contributed by atoms with Gasteiger partial charge >= 0.3 is 0 Å². The molecule has 19 heavy (non-hydrogen) atoms. The molecule has 3 rings (SSSR count). The highest BCUT2D eigenvalue weighted by molar-refractivity contribution is 7.98. The fourth-order valence-corrected chi connectivity index (χ4v) is 3.77. The van der Waals surface area contributed by atoms with E-state index < -0.39 is 0 Å². The molecule has 4 nitrogen and oxygen atoms in total. The lowest BCUT2D eigenvalue weighted by molar-refractivity contribution is 0.173. The summed E-state index contributed by atoms with van der Waals surface area (Å²) in [6.07, 6.45) is 9.07. The van der Waals surface area contributed by atoms with E-state index in [0.29, 0.717) is 5.41 Å². The van der Waals surface area contributed by atoms with Gasteiger partial charge in [0.1, 0.15) is 17.2 Å². The van der Waals surface area contributed by atoms with Crippen LogP contribution in [-0.2, 0) is 0 Å². The van der Waals surface area contributed by atoms with Crippen molar-refractivity contribution in [3.8, 4) is 0 Å². The zero-order chi connectivity index (χ0) is 13.1. The van der Waals surface area contributed by atoms with Crippen LogP contribution >= 0.6 is 11.8 Å². The van der Waals surface area contributed by atoms with Gasteiger partial charge in [0.05, 0.1) is 0 Å². The Morgan fingerprint density at radius 3 is 3.00 bits per heavy atom. The van der Waals surface area contributed by atoms with Crippen molar-refractivity contribution in [2.45, 2.75) is 30.7 Å². The number of anilines is 1. The number of piperidine rings is 2. The Bertz CT molecular complexity index is 426. The summed E-state index contributed by atoms with van der Waals surface area (Å²) in [7, 11) is 0. The second-order valence-electron chi connectivity index (χ2n) is 5.72. The zero-order valence-corrected chi connectivity index (χ0v) is 12.4. The van der Waals surface area contributed by atoms with Crippen LogP contribution in [0.15, 0.2) is 17.4 Å². The van der Waals surface area contributed by atoms with Crippen molar-refractivity contribution in [1.82, 2.24) is 15.3 Å². The molecule has 2 saturated heterocycles. The Balaban J connectivity index is 1.76. The van der Waals surface area contributed by atoms with Gasteiger partial charge in [-0.25, -0.2) is 9.97 Å². The molecule has 1 unspecified atom stereocenters. The average Bonchev–Trinajstić information content (AvgIpc) is 2.48. The molecule has 0 saturated carbocycles. The van der Waals surface area contributed by atoms with Gasteiger partial charge in [0.15, 0.2) is 0 Å². The topological polar surface area (TPSA) is 41.0 Å². The highest BCUT2D eigenvalue weighted by atomic mass is 32.2. The van der Waals surface area contributed by atoms with Gasteiger partial charge in [-0.2, -0.15) is 0 Å². The normalized spacial score (nSPS) is 27.7. The van der Waals surface area contributed by atoms with Crippen molar-refractivity contribution < 1.29 is 0 Å². The van der Waals surface area contributed by atoms with Crippen molar-refractivity contribution in [3.63, 3.8) is 0 Å². The summed E-state index contributed by atoms with van der Waals surface area (Å²) >= 11 is 1.68. The van der Waals surface area contributed by atoms with Gasteiger partial charge in [0.25, 0.3) is 0 Å². The first kappa shape index (κ1) is 13.2. The number of hydrogen-bond donors (Lipinski definition) is 1. The summed E-state index contributed by atoms with van der Waals surface area (Å²) in [5.74, 6) is 1.10. The number of thioether (sulfide) groups is 1. The van der Waals surface area contributed by atoms with E-state index in [4.69, 9.17) is 0 Å². The number of hydrogen-bond acceptors (Lipinski definition) is 5. The second kappa shape index (κ2) is 5.67. The summed E-state index contributed by atoms with van der Waals surface area (Å²) in [5, 5.41) is 4.64. The van der Waals surface area contributed by atoms with Crippen LogP contribution in [-0.4, -0.2) is 42.4 Å². The number of rotatable bonds is 2. The van der Waals surface area contributed by atoms with E-state index in [1.807, 2.05) is 0 Å².